The third-order valence-electron chi connectivity index (χ3n) is 3.32. The lowest BCUT2D eigenvalue weighted by Crippen LogP contribution is -2.42. The monoisotopic (exact) mass is 298 g/mol. The van der Waals surface area contributed by atoms with Crippen molar-refractivity contribution >= 4 is 23.2 Å². The van der Waals surface area contributed by atoms with Crippen LogP contribution in [0.2, 0.25) is 5.02 Å². The highest BCUT2D eigenvalue weighted by molar-refractivity contribution is 6.30. The zero-order chi connectivity index (χ0) is 15.0. The molecule has 0 unspecified atom stereocenters. The Morgan fingerprint density at radius 2 is 1.90 bits per heavy atom. The molecule has 5 heteroatoms. The molecule has 0 saturated carbocycles. The van der Waals surface area contributed by atoms with E-state index in [9.17, 15) is 4.79 Å². The van der Waals surface area contributed by atoms with Crippen LogP contribution in [0.5, 0.6) is 0 Å². The minimum absolute atomic E-state index is 0.0602. The fourth-order valence-electron chi connectivity index (χ4n) is 2.24. The lowest BCUT2D eigenvalue weighted by atomic mass is 10.1. The molecule has 0 aromatic heterocycles. The maximum absolute atomic E-state index is 12.1. The summed E-state index contributed by atoms with van der Waals surface area (Å²) in [5, 5.41) is 12.6. The van der Waals surface area contributed by atoms with Crippen LogP contribution in [0.3, 0.4) is 0 Å². The third-order valence-corrected chi connectivity index (χ3v) is 3.57. The Bertz CT molecular complexity index is 405. The quantitative estimate of drug-likeness (QED) is 0.776. The smallest absolute Gasteiger partial charge is 0.238 e. The van der Waals surface area contributed by atoms with E-state index in [0.717, 1.165) is 18.5 Å². The molecule has 1 rings (SSSR count). The van der Waals surface area contributed by atoms with Gasteiger partial charge < -0.3 is 10.4 Å². The minimum Gasteiger partial charge on any atom is -0.395 e. The zero-order valence-electron chi connectivity index (χ0n) is 12.1. The molecule has 0 aliphatic heterocycles. The van der Waals surface area contributed by atoms with Crippen LogP contribution < -0.4 is 5.32 Å². The van der Waals surface area contributed by atoms with E-state index in [4.69, 9.17) is 16.7 Å². The summed E-state index contributed by atoms with van der Waals surface area (Å²) in [7, 11) is 0. The van der Waals surface area contributed by atoms with Crippen LogP contribution in [0.1, 0.15) is 26.7 Å². The number of halogens is 1. The van der Waals surface area contributed by atoms with Gasteiger partial charge in [-0.05, 0) is 37.1 Å². The van der Waals surface area contributed by atoms with Gasteiger partial charge in [0, 0.05) is 23.3 Å². The number of rotatable bonds is 8. The fourth-order valence-corrected chi connectivity index (χ4v) is 2.37. The molecule has 2 N–H and O–H groups in total. The van der Waals surface area contributed by atoms with Gasteiger partial charge in [0.25, 0.3) is 0 Å². The number of anilines is 1. The maximum Gasteiger partial charge on any atom is 0.238 e. The van der Waals surface area contributed by atoms with Crippen molar-refractivity contribution in [3.8, 4) is 0 Å². The summed E-state index contributed by atoms with van der Waals surface area (Å²) in [6.45, 7) is 5.05. The van der Waals surface area contributed by atoms with Crippen molar-refractivity contribution in [2.75, 3.05) is 25.0 Å². The highest BCUT2D eigenvalue weighted by atomic mass is 35.5. The van der Waals surface area contributed by atoms with Gasteiger partial charge in [-0.2, -0.15) is 0 Å². The average Bonchev–Trinajstić information content (AvgIpc) is 2.43. The molecule has 0 bridgehead atoms. The van der Waals surface area contributed by atoms with Crippen LogP contribution >= 0.6 is 11.6 Å². The number of hydrogen-bond acceptors (Lipinski definition) is 3. The maximum atomic E-state index is 12.1. The molecule has 0 fully saturated rings. The van der Waals surface area contributed by atoms with E-state index < -0.39 is 0 Å². The van der Waals surface area contributed by atoms with Crippen LogP contribution in [-0.4, -0.2) is 41.7 Å². The topological polar surface area (TPSA) is 52.6 Å². The van der Waals surface area contributed by atoms with Gasteiger partial charge in [0.15, 0.2) is 0 Å². The molecule has 1 aromatic carbocycles. The molecule has 1 amide bonds. The molecule has 1 aromatic rings. The molecule has 0 aliphatic carbocycles. The van der Waals surface area contributed by atoms with Gasteiger partial charge in [0.1, 0.15) is 0 Å². The molecule has 20 heavy (non-hydrogen) atoms. The lowest BCUT2D eigenvalue weighted by Gasteiger charge is -2.29. The Kier molecular flexibility index (Phi) is 7.59. The summed E-state index contributed by atoms with van der Waals surface area (Å²) >= 11 is 5.80. The largest absolute Gasteiger partial charge is 0.395 e. The van der Waals surface area contributed by atoms with Gasteiger partial charge in [0.05, 0.1) is 13.2 Å². The van der Waals surface area contributed by atoms with Gasteiger partial charge in [-0.25, -0.2) is 0 Å². The van der Waals surface area contributed by atoms with Crippen LogP contribution in [0.15, 0.2) is 24.3 Å². The molecule has 0 aliphatic rings. The Labute approximate surface area is 125 Å². The number of aliphatic hydroxyl groups excluding tert-OH is 1. The Hall–Kier alpha value is -1.10. The molecular weight excluding hydrogens is 276 g/mol. The molecule has 112 valence electrons. The summed E-state index contributed by atoms with van der Waals surface area (Å²) in [6, 6.07) is 7.34. The summed E-state index contributed by atoms with van der Waals surface area (Å²) < 4.78 is 0. The zero-order valence-corrected chi connectivity index (χ0v) is 12.9. The second kappa shape index (κ2) is 8.95. The number of aliphatic hydroxyl groups is 1. The summed E-state index contributed by atoms with van der Waals surface area (Å²) in [6.07, 6.45) is 1.93. The Balaban J connectivity index is 2.59. The van der Waals surface area contributed by atoms with Gasteiger partial charge in [-0.3, -0.25) is 9.69 Å². The summed E-state index contributed by atoms with van der Waals surface area (Å²) in [5.41, 5.74) is 0.730. The first kappa shape index (κ1) is 17.0. The van der Waals surface area contributed by atoms with E-state index in [0.29, 0.717) is 17.6 Å². The molecule has 0 saturated heterocycles. The van der Waals surface area contributed by atoms with Crippen molar-refractivity contribution in [3.05, 3.63) is 29.3 Å². The van der Waals surface area contributed by atoms with E-state index in [1.54, 1.807) is 24.3 Å². The Morgan fingerprint density at radius 1 is 1.30 bits per heavy atom. The SMILES string of the molecule is CCC(CC)N(CCO)CC(=O)Nc1ccc(Cl)cc1. The molecule has 0 spiro atoms. The third kappa shape index (κ3) is 5.49. The van der Waals surface area contributed by atoms with E-state index in [1.165, 1.54) is 0 Å². The predicted octanol–water partition coefficient (Wildman–Crippen LogP) is 2.76. The number of benzene rings is 1. The fraction of sp³-hybridized carbons (Fsp3) is 0.533. The number of amides is 1. The van der Waals surface area contributed by atoms with E-state index in [1.807, 2.05) is 4.90 Å². The molecular formula is C15H23ClN2O2. The van der Waals surface area contributed by atoms with Gasteiger partial charge in [-0.1, -0.05) is 25.4 Å². The highest BCUT2D eigenvalue weighted by Gasteiger charge is 2.17. The van der Waals surface area contributed by atoms with Crippen molar-refractivity contribution in [2.24, 2.45) is 0 Å². The standard InChI is InChI=1S/C15H23ClN2O2/c1-3-14(4-2)18(9-10-19)11-15(20)17-13-7-5-12(16)6-8-13/h5-8,14,19H,3-4,9-11H2,1-2H3,(H,17,20). The van der Waals surface area contributed by atoms with E-state index in [-0.39, 0.29) is 19.1 Å². The van der Waals surface area contributed by atoms with Gasteiger partial charge in [-0.15, -0.1) is 0 Å². The number of carbonyl (C=O) groups is 1. The second-order valence-corrected chi connectivity index (χ2v) is 5.16. The van der Waals surface area contributed by atoms with Crippen molar-refractivity contribution in [2.45, 2.75) is 32.7 Å². The minimum atomic E-state index is -0.0762. The van der Waals surface area contributed by atoms with Crippen LogP contribution in [0, 0.1) is 0 Å². The summed E-state index contributed by atoms with van der Waals surface area (Å²) in [4.78, 5) is 14.1. The molecule has 0 heterocycles. The van der Waals surface area contributed by atoms with Crippen molar-refractivity contribution in [1.82, 2.24) is 4.90 Å². The lowest BCUT2D eigenvalue weighted by molar-refractivity contribution is -0.118. The first-order valence-electron chi connectivity index (χ1n) is 7.01. The van der Waals surface area contributed by atoms with Crippen LogP contribution in [0.25, 0.3) is 0 Å². The van der Waals surface area contributed by atoms with Gasteiger partial charge >= 0.3 is 0 Å². The number of hydrogen-bond donors (Lipinski definition) is 2. The van der Waals surface area contributed by atoms with E-state index in [2.05, 4.69) is 19.2 Å². The predicted molar refractivity (Wildman–Crippen MR) is 83.1 cm³/mol. The first-order chi connectivity index (χ1) is 9.60. The normalized spacial score (nSPS) is 11.1. The van der Waals surface area contributed by atoms with Crippen molar-refractivity contribution < 1.29 is 9.90 Å². The Morgan fingerprint density at radius 3 is 2.40 bits per heavy atom. The van der Waals surface area contributed by atoms with Crippen molar-refractivity contribution in [1.29, 1.82) is 0 Å². The number of nitrogens with one attached hydrogen (secondary N) is 1. The highest BCUT2D eigenvalue weighted by Crippen LogP contribution is 2.14. The number of carbonyl (C=O) groups excluding carboxylic acids is 1. The van der Waals surface area contributed by atoms with E-state index >= 15 is 0 Å². The van der Waals surface area contributed by atoms with Crippen LogP contribution in [0.4, 0.5) is 5.69 Å². The first-order valence-corrected chi connectivity index (χ1v) is 7.38. The van der Waals surface area contributed by atoms with Gasteiger partial charge in [0.2, 0.25) is 5.91 Å². The van der Waals surface area contributed by atoms with Crippen molar-refractivity contribution in [3.63, 3.8) is 0 Å². The molecule has 0 radical (unpaired) electrons. The molecule has 0 atom stereocenters. The average molecular weight is 299 g/mol. The van der Waals surface area contributed by atoms with Crippen LogP contribution in [-0.2, 0) is 4.79 Å². The number of nitrogens with zero attached hydrogens (tertiary/aromatic N) is 1. The summed E-state index contributed by atoms with van der Waals surface area (Å²) in [5.74, 6) is -0.0762. The molecule has 4 nitrogen and oxygen atoms in total. The second-order valence-electron chi connectivity index (χ2n) is 4.72.